The van der Waals surface area contributed by atoms with Gasteiger partial charge in [0, 0.05) is 0 Å². The highest BCUT2D eigenvalue weighted by atomic mass is 35.5. The van der Waals surface area contributed by atoms with Crippen LogP contribution < -0.4 is 11.1 Å². The molecule has 4 N–H and O–H groups in total. The lowest BCUT2D eigenvalue weighted by molar-refractivity contribution is 0.0887. The van der Waals surface area contributed by atoms with Crippen molar-refractivity contribution in [3.63, 3.8) is 0 Å². The number of ether oxygens (including phenoxy) is 1. The summed E-state index contributed by atoms with van der Waals surface area (Å²) in [6, 6.07) is 0.850. The number of pyridine rings is 1. The van der Waals surface area contributed by atoms with E-state index >= 15 is 0 Å². The van der Waals surface area contributed by atoms with E-state index in [-0.39, 0.29) is 34.8 Å². The first-order valence-corrected chi connectivity index (χ1v) is 5.93. The Kier molecular flexibility index (Phi) is 3.91. The van der Waals surface area contributed by atoms with E-state index in [9.17, 15) is 9.90 Å². The van der Waals surface area contributed by atoms with Crippen LogP contribution in [-0.4, -0.2) is 41.4 Å². The molecule has 1 aliphatic heterocycles. The van der Waals surface area contributed by atoms with Crippen molar-refractivity contribution in [3.8, 4) is 0 Å². The van der Waals surface area contributed by atoms with Gasteiger partial charge in [0.05, 0.1) is 36.6 Å². The number of hydrogen-bond acceptors (Lipinski definition) is 5. The van der Waals surface area contributed by atoms with Crippen molar-refractivity contribution < 1.29 is 14.6 Å². The number of aliphatic hydroxyl groups excluding tert-OH is 1. The Morgan fingerprint density at radius 3 is 2.89 bits per heavy atom. The molecule has 0 spiro atoms. The highest BCUT2D eigenvalue weighted by Gasteiger charge is 2.28. The Balaban J connectivity index is 2.18. The van der Waals surface area contributed by atoms with Crippen molar-refractivity contribution in [1.29, 1.82) is 0 Å². The molecule has 18 heavy (non-hydrogen) atoms. The highest BCUT2D eigenvalue weighted by Crippen LogP contribution is 2.24. The number of anilines is 1. The van der Waals surface area contributed by atoms with Crippen LogP contribution in [0.15, 0.2) is 6.07 Å². The van der Waals surface area contributed by atoms with E-state index < -0.39 is 18.1 Å². The molecule has 0 aromatic carbocycles. The van der Waals surface area contributed by atoms with Gasteiger partial charge in [-0.2, -0.15) is 0 Å². The summed E-state index contributed by atoms with van der Waals surface area (Å²) in [4.78, 5) is 15.7. The van der Waals surface area contributed by atoms with Gasteiger partial charge in [0.2, 0.25) is 0 Å². The number of hydrogen-bond donors (Lipinski definition) is 3. The van der Waals surface area contributed by atoms with Gasteiger partial charge in [-0.25, -0.2) is 4.98 Å². The Labute approximate surface area is 113 Å². The zero-order valence-electron chi connectivity index (χ0n) is 9.19. The molecular formula is C10H11Cl2N3O3. The van der Waals surface area contributed by atoms with Crippen molar-refractivity contribution in [1.82, 2.24) is 10.3 Å². The van der Waals surface area contributed by atoms with Crippen molar-refractivity contribution >= 4 is 34.8 Å². The maximum absolute atomic E-state index is 12.0. The van der Waals surface area contributed by atoms with E-state index in [2.05, 4.69) is 10.3 Å². The Hall–Kier alpha value is -1.08. The third-order valence-electron chi connectivity index (χ3n) is 2.59. The van der Waals surface area contributed by atoms with Crippen LogP contribution in [0.1, 0.15) is 10.4 Å². The molecule has 1 aromatic rings. The number of amides is 1. The predicted molar refractivity (Wildman–Crippen MR) is 66.7 cm³/mol. The average Bonchev–Trinajstić information content (AvgIpc) is 2.69. The Morgan fingerprint density at radius 2 is 2.28 bits per heavy atom. The van der Waals surface area contributed by atoms with E-state index in [0.29, 0.717) is 0 Å². The minimum Gasteiger partial charge on any atom is -0.396 e. The molecule has 2 rings (SSSR count). The molecule has 2 atom stereocenters. The fraction of sp³-hybridized carbons (Fsp3) is 0.400. The second-order valence-corrected chi connectivity index (χ2v) is 4.63. The third kappa shape index (κ3) is 2.67. The molecule has 1 amide bonds. The summed E-state index contributed by atoms with van der Waals surface area (Å²) in [7, 11) is 0. The first-order chi connectivity index (χ1) is 8.49. The van der Waals surface area contributed by atoms with Gasteiger partial charge in [-0.05, 0) is 6.07 Å². The second-order valence-electron chi connectivity index (χ2n) is 3.88. The molecule has 0 radical (unpaired) electrons. The number of aromatic nitrogens is 1. The van der Waals surface area contributed by atoms with Gasteiger partial charge >= 0.3 is 0 Å². The van der Waals surface area contributed by atoms with E-state index in [1.54, 1.807) is 0 Å². The number of carbonyl (C=O) groups excluding carboxylic acids is 1. The summed E-state index contributed by atoms with van der Waals surface area (Å²) < 4.78 is 5.02. The first-order valence-electron chi connectivity index (χ1n) is 5.17. The van der Waals surface area contributed by atoms with Crippen LogP contribution in [0.4, 0.5) is 5.69 Å². The molecule has 6 nitrogen and oxygen atoms in total. The molecule has 98 valence electrons. The van der Waals surface area contributed by atoms with E-state index in [0.717, 1.165) is 0 Å². The van der Waals surface area contributed by atoms with Crippen LogP contribution in [0.5, 0.6) is 0 Å². The largest absolute Gasteiger partial charge is 0.396 e. The molecule has 2 unspecified atom stereocenters. The number of rotatable bonds is 2. The zero-order chi connectivity index (χ0) is 13.3. The topological polar surface area (TPSA) is 97.5 Å². The number of aliphatic hydroxyl groups is 1. The summed E-state index contributed by atoms with van der Waals surface area (Å²) in [5, 5.41) is 12.2. The van der Waals surface area contributed by atoms with Crippen LogP contribution in [0.2, 0.25) is 10.3 Å². The normalized spacial score (nSPS) is 23.1. The SMILES string of the molecule is Nc1c(C(=O)NC2COCC2O)cc(Cl)nc1Cl. The van der Waals surface area contributed by atoms with Crippen LogP contribution in [0, 0.1) is 0 Å². The van der Waals surface area contributed by atoms with Gasteiger partial charge < -0.3 is 20.9 Å². The maximum Gasteiger partial charge on any atom is 0.253 e. The zero-order valence-corrected chi connectivity index (χ0v) is 10.7. The lowest BCUT2D eigenvalue weighted by Gasteiger charge is -2.15. The van der Waals surface area contributed by atoms with E-state index in [4.69, 9.17) is 33.7 Å². The summed E-state index contributed by atoms with van der Waals surface area (Å²) in [6.07, 6.45) is -0.733. The number of nitrogens with zero attached hydrogens (tertiary/aromatic N) is 1. The summed E-state index contributed by atoms with van der Waals surface area (Å²) in [5.74, 6) is -0.478. The minimum atomic E-state index is -0.733. The maximum atomic E-state index is 12.0. The number of nitrogens with two attached hydrogens (primary N) is 1. The Bertz CT molecular complexity index is 484. The molecule has 0 aliphatic carbocycles. The van der Waals surface area contributed by atoms with Gasteiger partial charge in [0.1, 0.15) is 5.15 Å². The molecule has 0 saturated carbocycles. The Morgan fingerprint density at radius 1 is 1.56 bits per heavy atom. The molecule has 1 fully saturated rings. The van der Waals surface area contributed by atoms with Crippen LogP contribution in [-0.2, 0) is 4.74 Å². The lowest BCUT2D eigenvalue weighted by Crippen LogP contribution is -2.42. The lowest BCUT2D eigenvalue weighted by atomic mass is 10.1. The summed E-state index contributed by atoms with van der Waals surface area (Å²) in [5.41, 5.74) is 5.83. The smallest absolute Gasteiger partial charge is 0.253 e. The van der Waals surface area contributed by atoms with Gasteiger partial charge in [0.15, 0.2) is 5.15 Å². The monoisotopic (exact) mass is 291 g/mol. The predicted octanol–water partition coefficient (Wildman–Crippen LogP) is 0.460. The van der Waals surface area contributed by atoms with E-state index in [1.165, 1.54) is 6.07 Å². The number of nitrogen functional groups attached to an aromatic ring is 1. The molecule has 1 aliphatic rings. The number of carbonyl (C=O) groups is 1. The van der Waals surface area contributed by atoms with Crippen LogP contribution >= 0.6 is 23.2 Å². The molecule has 0 bridgehead atoms. The van der Waals surface area contributed by atoms with Crippen LogP contribution in [0.25, 0.3) is 0 Å². The fourth-order valence-corrected chi connectivity index (χ4v) is 2.04. The quantitative estimate of drug-likeness (QED) is 0.688. The fourth-order valence-electron chi connectivity index (χ4n) is 1.61. The molecule has 1 saturated heterocycles. The number of nitrogens with one attached hydrogen (secondary N) is 1. The second kappa shape index (κ2) is 5.27. The standard InChI is InChI=1S/C10H11Cl2N3O3/c11-7-1-4(8(13)9(12)15-7)10(17)14-5-2-18-3-6(5)16/h1,5-6,16H,2-3,13H2,(H,14,17). The number of halogens is 2. The van der Waals surface area contributed by atoms with Gasteiger partial charge in [-0.15, -0.1) is 0 Å². The van der Waals surface area contributed by atoms with Crippen molar-refractivity contribution in [2.24, 2.45) is 0 Å². The minimum absolute atomic E-state index is 0.0316. The summed E-state index contributed by atoms with van der Waals surface area (Å²) >= 11 is 11.4. The molecular weight excluding hydrogens is 281 g/mol. The average molecular weight is 292 g/mol. The third-order valence-corrected chi connectivity index (χ3v) is 3.07. The van der Waals surface area contributed by atoms with Crippen molar-refractivity contribution in [3.05, 3.63) is 21.9 Å². The summed E-state index contributed by atoms with van der Waals surface area (Å²) in [6.45, 7) is 0.442. The highest BCUT2D eigenvalue weighted by molar-refractivity contribution is 6.35. The van der Waals surface area contributed by atoms with Crippen molar-refractivity contribution in [2.45, 2.75) is 12.1 Å². The van der Waals surface area contributed by atoms with Gasteiger partial charge in [-0.3, -0.25) is 4.79 Å². The molecule has 8 heteroatoms. The van der Waals surface area contributed by atoms with Crippen molar-refractivity contribution in [2.75, 3.05) is 18.9 Å². The van der Waals surface area contributed by atoms with Gasteiger partial charge in [0.25, 0.3) is 5.91 Å². The molecule has 2 heterocycles. The first kappa shape index (κ1) is 13.4. The van der Waals surface area contributed by atoms with Gasteiger partial charge in [-0.1, -0.05) is 23.2 Å². The van der Waals surface area contributed by atoms with E-state index in [1.807, 2.05) is 0 Å². The molecule has 1 aromatic heterocycles. The van der Waals surface area contributed by atoms with Crippen LogP contribution in [0.3, 0.4) is 0 Å².